The number of carbonyl (C=O) groups is 1. The van der Waals surface area contributed by atoms with Crippen molar-refractivity contribution in [2.24, 2.45) is 11.8 Å². The third kappa shape index (κ3) is 3.24. The number of hydrogen-bond donors (Lipinski definition) is 0. The molecule has 2 bridgehead atoms. The second-order valence-corrected chi connectivity index (χ2v) is 7.17. The van der Waals surface area contributed by atoms with E-state index in [-0.39, 0.29) is 5.91 Å². The van der Waals surface area contributed by atoms with Gasteiger partial charge in [0.1, 0.15) is 0 Å². The van der Waals surface area contributed by atoms with Crippen molar-refractivity contribution in [3.8, 4) is 0 Å². The molecular weight excluding hydrogens is 284 g/mol. The van der Waals surface area contributed by atoms with Gasteiger partial charge in [-0.25, -0.2) is 0 Å². The van der Waals surface area contributed by atoms with E-state index in [0.717, 1.165) is 31.7 Å². The molecule has 2 saturated heterocycles. The Morgan fingerprint density at radius 1 is 1.10 bits per heavy atom. The maximum absolute atomic E-state index is 12.6. The van der Waals surface area contributed by atoms with E-state index in [1.54, 1.807) is 12.1 Å². The quantitative estimate of drug-likeness (QED) is 0.838. The monoisotopic (exact) mass is 306 g/mol. The summed E-state index contributed by atoms with van der Waals surface area (Å²) in [6.07, 6.45) is 1.27. The van der Waals surface area contributed by atoms with E-state index in [1.807, 2.05) is 17.0 Å². The van der Waals surface area contributed by atoms with Gasteiger partial charge in [0.15, 0.2) is 0 Å². The lowest BCUT2D eigenvalue weighted by molar-refractivity contribution is 0.0168. The molecule has 21 heavy (non-hydrogen) atoms. The number of carbonyl (C=O) groups excluding carboxylic acids is 1. The van der Waals surface area contributed by atoms with Crippen LogP contribution >= 0.6 is 11.6 Å². The van der Waals surface area contributed by atoms with E-state index in [9.17, 15) is 4.79 Å². The van der Waals surface area contributed by atoms with Crippen LogP contribution in [0.2, 0.25) is 5.02 Å². The molecule has 114 valence electrons. The van der Waals surface area contributed by atoms with Gasteiger partial charge in [0.05, 0.1) is 0 Å². The molecule has 0 N–H and O–H groups in total. The van der Waals surface area contributed by atoms with Crippen LogP contribution in [0.25, 0.3) is 0 Å². The van der Waals surface area contributed by atoms with E-state index < -0.39 is 0 Å². The fourth-order valence-corrected chi connectivity index (χ4v) is 3.81. The minimum atomic E-state index is 0.152. The summed E-state index contributed by atoms with van der Waals surface area (Å²) < 4.78 is 0. The summed E-state index contributed by atoms with van der Waals surface area (Å²) >= 11 is 5.90. The largest absolute Gasteiger partial charge is 0.338 e. The molecule has 4 heteroatoms. The summed E-state index contributed by atoms with van der Waals surface area (Å²) in [4.78, 5) is 17.2. The molecule has 2 fully saturated rings. The number of rotatable bonds is 2. The van der Waals surface area contributed by atoms with Crippen LogP contribution in [0.4, 0.5) is 0 Å². The van der Waals surface area contributed by atoms with E-state index in [0.29, 0.717) is 22.9 Å². The average Bonchev–Trinajstić information content (AvgIpc) is 2.46. The Bertz CT molecular complexity index is 500. The highest BCUT2D eigenvalue weighted by atomic mass is 35.5. The van der Waals surface area contributed by atoms with Crippen molar-refractivity contribution in [3.05, 3.63) is 34.9 Å². The Hall–Kier alpha value is -1.06. The first-order valence-electron chi connectivity index (χ1n) is 7.82. The van der Waals surface area contributed by atoms with E-state index in [4.69, 9.17) is 11.6 Å². The summed E-state index contributed by atoms with van der Waals surface area (Å²) in [5.41, 5.74) is 0.750. The van der Waals surface area contributed by atoms with E-state index in [2.05, 4.69) is 18.7 Å². The molecular formula is C17H23ClN2O. The Balaban J connectivity index is 1.69. The van der Waals surface area contributed by atoms with E-state index in [1.165, 1.54) is 6.42 Å². The molecule has 1 aromatic carbocycles. The van der Waals surface area contributed by atoms with Gasteiger partial charge < -0.3 is 9.80 Å². The van der Waals surface area contributed by atoms with Gasteiger partial charge >= 0.3 is 0 Å². The predicted octanol–water partition coefficient (Wildman–Crippen LogP) is 3.14. The number of hydrogen-bond acceptors (Lipinski definition) is 2. The molecule has 2 heterocycles. The zero-order chi connectivity index (χ0) is 15.0. The van der Waals surface area contributed by atoms with Gasteiger partial charge in [0.2, 0.25) is 0 Å². The third-order valence-corrected chi connectivity index (χ3v) is 4.97. The van der Waals surface area contributed by atoms with Crippen LogP contribution in [-0.4, -0.2) is 47.9 Å². The molecule has 0 aliphatic carbocycles. The van der Waals surface area contributed by atoms with Crippen molar-refractivity contribution in [2.75, 3.05) is 26.2 Å². The van der Waals surface area contributed by atoms with Gasteiger partial charge in [0, 0.05) is 42.8 Å². The first-order chi connectivity index (χ1) is 10.0. The van der Waals surface area contributed by atoms with Crippen LogP contribution in [0, 0.1) is 11.8 Å². The van der Waals surface area contributed by atoms with Crippen molar-refractivity contribution in [1.29, 1.82) is 0 Å². The summed E-state index contributed by atoms with van der Waals surface area (Å²) in [6, 6.07) is 7.85. The molecule has 0 spiro atoms. The molecule has 0 saturated carbocycles. The highest BCUT2D eigenvalue weighted by Gasteiger charge is 2.36. The summed E-state index contributed by atoms with van der Waals surface area (Å²) in [6.45, 7) is 8.55. The van der Waals surface area contributed by atoms with Crippen LogP contribution < -0.4 is 0 Å². The van der Waals surface area contributed by atoms with Gasteiger partial charge in [-0.05, 0) is 56.4 Å². The summed E-state index contributed by atoms with van der Waals surface area (Å²) in [5.74, 6) is 1.40. The normalized spacial score (nSPS) is 26.2. The SMILES string of the molecule is CC(C)N1CC2CC(CN(C(=O)c3ccc(Cl)cc3)C2)C1. The highest BCUT2D eigenvalue weighted by molar-refractivity contribution is 6.30. The molecule has 0 aromatic heterocycles. The van der Waals surface area contributed by atoms with Gasteiger partial charge in [0.25, 0.3) is 5.91 Å². The molecule has 3 rings (SSSR count). The highest BCUT2D eigenvalue weighted by Crippen LogP contribution is 2.30. The maximum atomic E-state index is 12.6. The lowest BCUT2D eigenvalue weighted by atomic mass is 9.84. The predicted molar refractivity (Wildman–Crippen MR) is 85.7 cm³/mol. The topological polar surface area (TPSA) is 23.6 Å². The van der Waals surface area contributed by atoms with Crippen molar-refractivity contribution >= 4 is 17.5 Å². The minimum Gasteiger partial charge on any atom is -0.338 e. The smallest absolute Gasteiger partial charge is 0.253 e. The van der Waals surface area contributed by atoms with Crippen LogP contribution in [0.1, 0.15) is 30.6 Å². The second kappa shape index (κ2) is 5.98. The number of amides is 1. The molecule has 2 aliphatic heterocycles. The molecule has 1 aromatic rings. The first-order valence-corrected chi connectivity index (χ1v) is 8.19. The van der Waals surface area contributed by atoms with Crippen LogP contribution in [0.3, 0.4) is 0 Å². The van der Waals surface area contributed by atoms with Crippen molar-refractivity contribution < 1.29 is 4.79 Å². The Morgan fingerprint density at radius 2 is 1.67 bits per heavy atom. The molecule has 3 nitrogen and oxygen atoms in total. The van der Waals surface area contributed by atoms with Crippen LogP contribution in [-0.2, 0) is 0 Å². The number of benzene rings is 1. The van der Waals surface area contributed by atoms with Gasteiger partial charge in [-0.1, -0.05) is 11.6 Å². The first kappa shape index (κ1) is 14.9. The Labute approximate surface area is 131 Å². The summed E-state index contributed by atoms with van der Waals surface area (Å²) in [7, 11) is 0. The summed E-state index contributed by atoms with van der Waals surface area (Å²) in [5, 5.41) is 0.676. The Kier molecular flexibility index (Phi) is 4.23. The standard InChI is InChI=1S/C17H23ClN2O/c1-12(2)19-8-13-7-14(9-19)11-20(10-13)17(21)15-3-5-16(18)6-4-15/h3-6,12-14H,7-11H2,1-2H3. The van der Waals surface area contributed by atoms with Gasteiger partial charge in [-0.3, -0.25) is 4.79 Å². The molecule has 2 atom stereocenters. The van der Waals surface area contributed by atoms with Crippen LogP contribution in [0.15, 0.2) is 24.3 Å². The Morgan fingerprint density at radius 3 is 2.19 bits per heavy atom. The zero-order valence-corrected chi connectivity index (χ0v) is 13.5. The molecule has 0 radical (unpaired) electrons. The lowest BCUT2D eigenvalue weighted by Gasteiger charge is -2.47. The van der Waals surface area contributed by atoms with Crippen molar-refractivity contribution in [2.45, 2.75) is 26.3 Å². The molecule has 2 aliphatic rings. The van der Waals surface area contributed by atoms with Crippen LogP contribution in [0.5, 0.6) is 0 Å². The maximum Gasteiger partial charge on any atom is 0.253 e. The zero-order valence-electron chi connectivity index (χ0n) is 12.8. The van der Waals surface area contributed by atoms with Gasteiger partial charge in [-0.2, -0.15) is 0 Å². The fourth-order valence-electron chi connectivity index (χ4n) is 3.68. The number of piperidine rings is 2. The third-order valence-electron chi connectivity index (χ3n) is 4.72. The van der Waals surface area contributed by atoms with E-state index >= 15 is 0 Å². The number of halogens is 1. The molecule has 1 amide bonds. The lowest BCUT2D eigenvalue weighted by Crippen LogP contribution is -2.55. The average molecular weight is 307 g/mol. The second-order valence-electron chi connectivity index (χ2n) is 6.73. The number of fused-ring (bicyclic) bond motifs is 2. The fraction of sp³-hybridized carbons (Fsp3) is 0.588. The van der Waals surface area contributed by atoms with Gasteiger partial charge in [-0.15, -0.1) is 0 Å². The number of nitrogens with zero attached hydrogens (tertiary/aromatic N) is 2. The number of likely N-dealkylation sites (tertiary alicyclic amines) is 2. The van der Waals surface area contributed by atoms with Crippen molar-refractivity contribution in [3.63, 3.8) is 0 Å². The van der Waals surface area contributed by atoms with Crippen molar-refractivity contribution in [1.82, 2.24) is 9.80 Å². The molecule has 2 unspecified atom stereocenters. The minimum absolute atomic E-state index is 0.152.